The summed E-state index contributed by atoms with van der Waals surface area (Å²) in [6, 6.07) is 8.59. The SMILES string of the molecule is CC(C)(C)[Si](C)(C)OC1COC(=O)[C@@H]1OC(=O)c1ccccc1. The lowest BCUT2D eigenvalue weighted by atomic mass is 10.2. The maximum Gasteiger partial charge on any atom is 0.350 e. The van der Waals surface area contributed by atoms with Crippen molar-refractivity contribution >= 4 is 20.3 Å². The van der Waals surface area contributed by atoms with Crippen LogP contribution in [0.2, 0.25) is 18.1 Å². The molecule has 1 saturated heterocycles. The van der Waals surface area contributed by atoms with Crippen LogP contribution in [0.25, 0.3) is 0 Å². The molecule has 0 aliphatic carbocycles. The van der Waals surface area contributed by atoms with Crippen LogP contribution in [0.5, 0.6) is 0 Å². The predicted molar refractivity (Wildman–Crippen MR) is 88.7 cm³/mol. The van der Waals surface area contributed by atoms with Crippen molar-refractivity contribution in [3.8, 4) is 0 Å². The molecule has 1 unspecified atom stereocenters. The summed E-state index contributed by atoms with van der Waals surface area (Å²) in [5.41, 5.74) is 0.401. The first kappa shape index (κ1) is 17.7. The van der Waals surface area contributed by atoms with Crippen LogP contribution in [0.1, 0.15) is 31.1 Å². The number of hydrogen-bond donors (Lipinski definition) is 0. The van der Waals surface area contributed by atoms with E-state index in [4.69, 9.17) is 13.9 Å². The lowest BCUT2D eigenvalue weighted by molar-refractivity contribution is -0.145. The van der Waals surface area contributed by atoms with Gasteiger partial charge >= 0.3 is 11.9 Å². The number of rotatable bonds is 4. The Labute approximate surface area is 138 Å². The Morgan fingerprint density at radius 1 is 1.22 bits per heavy atom. The molecule has 0 saturated carbocycles. The number of carbonyl (C=O) groups is 2. The molecule has 0 N–H and O–H groups in total. The fourth-order valence-electron chi connectivity index (χ4n) is 2.02. The molecule has 0 amide bonds. The lowest BCUT2D eigenvalue weighted by Crippen LogP contribution is -2.48. The van der Waals surface area contributed by atoms with Gasteiger partial charge in [-0.1, -0.05) is 39.0 Å². The van der Waals surface area contributed by atoms with Crippen LogP contribution in [0.4, 0.5) is 0 Å². The summed E-state index contributed by atoms with van der Waals surface area (Å²) in [6.07, 6.45) is -1.55. The Bertz CT molecular complexity index is 576. The second-order valence-corrected chi connectivity index (χ2v) is 12.0. The quantitative estimate of drug-likeness (QED) is 0.624. The van der Waals surface area contributed by atoms with Crippen LogP contribution in [0, 0.1) is 0 Å². The van der Waals surface area contributed by atoms with Crippen molar-refractivity contribution in [2.45, 2.75) is 51.1 Å². The van der Waals surface area contributed by atoms with Crippen molar-refractivity contribution in [2.24, 2.45) is 0 Å². The number of carbonyl (C=O) groups excluding carboxylic acids is 2. The molecule has 0 radical (unpaired) electrons. The summed E-state index contributed by atoms with van der Waals surface area (Å²) in [5, 5.41) is -0.00731. The molecule has 1 aromatic carbocycles. The molecule has 0 aromatic heterocycles. The molecular weight excluding hydrogens is 312 g/mol. The molecule has 2 atom stereocenters. The van der Waals surface area contributed by atoms with Crippen LogP contribution >= 0.6 is 0 Å². The number of esters is 2. The Hall–Kier alpha value is -1.66. The molecule has 1 heterocycles. The minimum atomic E-state index is -2.10. The Kier molecular flexibility index (Phi) is 4.96. The summed E-state index contributed by atoms with van der Waals surface area (Å²) in [7, 11) is -2.10. The zero-order valence-electron chi connectivity index (χ0n) is 14.3. The van der Waals surface area contributed by atoms with Crippen LogP contribution in [-0.4, -0.2) is 39.1 Å². The van der Waals surface area contributed by atoms with Crippen molar-refractivity contribution in [3.63, 3.8) is 0 Å². The fraction of sp³-hybridized carbons (Fsp3) is 0.529. The smallest absolute Gasteiger partial charge is 0.350 e. The Morgan fingerprint density at radius 3 is 2.39 bits per heavy atom. The molecule has 1 aliphatic rings. The molecule has 0 spiro atoms. The normalized spacial score (nSPS) is 21.9. The van der Waals surface area contributed by atoms with E-state index < -0.39 is 32.5 Å². The number of cyclic esters (lactones) is 1. The van der Waals surface area contributed by atoms with Crippen molar-refractivity contribution in [3.05, 3.63) is 35.9 Å². The summed E-state index contributed by atoms with van der Waals surface area (Å²) in [4.78, 5) is 24.1. The first-order chi connectivity index (χ1) is 10.6. The maximum absolute atomic E-state index is 12.2. The van der Waals surface area contributed by atoms with E-state index in [1.54, 1.807) is 24.3 Å². The molecule has 1 aliphatic heterocycles. The third kappa shape index (κ3) is 4.00. The Balaban J connectivity index is 2.10. The average Bonchev–Trinajstić information content (AvgIpc) is 2.79. The van der Waals surface area contributed by atoms with Crippen molar-refractivity contribution in [1.82, 2.24) is 0 Å². The first-order valence-corrected chi connectivity index (χ1v) is 10.6. The molecule has 1 fully saturated rings. The molecular formula is C17H24O5Si. The molecule has 0 bridgehead atoms. The largest absolute Gasteiger partial charge is 0.460 e. The standard InChI is InChI=1S/C17H24O5Si/c1-17(2,3)23(4,5)22-13-11-20-16(19)14(13)21-15(18)12-9-7-6-8-10-12/h6-10,13-14H,11H2,1-5H3/t13?,14-/m1/s1. The molecule has 2 rings (SSSR count). The maximum atomic E-state index is 12.2. The van der Waals surface area contributed by atoms with Gasteiger partial charge in [0.2, 0.25) is 6.10 Å². The lowest BCUT2D eigenvalue weighted by Gasteiger charge is -2.38. The molecule has 6 heteroatoms. The second kappa shape index (κ2) is 6.45. The zero-order valence-corrected chi connectivity index (χ0v) is 15.3. The minimum absolute atomic E-state index is 0.00731. The van der Waals surface area contributed by atoms with Gasteiger partial charge in [0.15, 0.2) is 8.32 Å². The minimum Gasteiger partial charge on any atom is -0.460 e. The third-order valence-electron chi connectivity index (χ3n) is 4.46. The van der Waals surface area contributed by atoms with E-state index in [2.05, 4.69) is 33.9 Å². The van der Waals surface area contributed by atoms with Gasteiger partial charge in [-0.15, -0.1) is 0 Å². The highest BCUT2D eigenvalue weighted by molar-refractivity contribution is 6.74. The van der Waals surface area contributed by atoms with Gasteiger partial charge < -0.3 is 13.9 Å². The summed E-state index contributed by atoms with van der Waals surface area (Å²) >= 11 is 0. The van der Waals surface area contributed by atoms with E-state index >= 15 is 0 Å². The van der Waals surface area contributed by atoms with Gasteiger partial charge in [-0.05, 0) is 30.3 Å². The van der Waals surface area contributed by atoms with Gasteiger partial charge in [0.25, 0.3) is 0 Å². The van der Waals surface area contributed by atoms with Gasteiger partial charge in [0, 0.05) is 0 Å². The van der Waals surface area contributed by atoms with E-state index in [1.165, 1.54) is 0 Å². The molecule has 126 valence electrons. The van der Waals surface area contributed by atoms with Gasteiger partial charge in [-0.3, -0.25) is 0 Å². The fourth-order valence-corrected chi connectivity index (χ4v) is 3.32. The van der Waals surface area contributed by atoms with E-state index in [9.17, 15) is 9.59 Å². The first-order valence-electron chi connectivity index (χ1n) is 7.72. The summed E-state index contributed by atoms with van der Waals surface area (Å²) in [5.74, 6) is -1.09. The molecule has 23 heavy (non-hydrogen) atoms. The van der Waals surface area contributed by atoms with Gasteiger partial charge in [-0.25, -0.2) is 9.59 Å². The van der Waals surface area contributed by atoms with E-state index in [0.717, 1.165) is 0 Å². The van der Waals surface area contributed by atoms with Crippen LogP contribution in [0.3, 0.4) is 0 Å². The van der Waals surface area contributed by atoms with Crippen molar-refractivity contribution < 1.29 is 23.5 Å². The molecule has 5 nitrogen and oxygen atoms in total. The highest BCUT2D eigenvalue weighted by Crippen LogP contribution is 2.38. The Morgan fingerprint density at radius 2 is 1.83 bits per heavy atom. The van der Waals surface area contributed by atoms with Gasteiger partial charge in [0.05, 0.1) is 5.56 Å². The molecule has 1 aromatic rings. The summed E-state index contributed by atoms with van der Waals surface area (Å²) < 4.78 is 16.6. The second-order valence-electron chi connectivity index (χ2n) is 7.24. The monoisotopic (exact) mass is 336 g/mol. The average molecular weight is 336 g/mol. The highest BCUT2D eigenvalue weighted by atomic mass is 28.4. The van der Waals surface area contributed by atoms with E-state index in [1.807, 2.05) is 6.07 Å². The highest BCUT2D eigenvalue weighted by Gasteiger charge is 2.47. The predicted octanol–water partition coefficient (Wildman–Crippen LogP) is 3.16. The van der Waals surface area contributed by atoms with Gasteiger partial charge in [-0.2, -0.15) is 0 Å². The zero-order chi connectivity index (χ0) is 17.3. The van der Waals surface area contributed by atoms with E-state index in [0.29, 0.717) is 5.56 Å². The number of ether oxygens (including phenoxy) is 2. The summed E-state index contributed by atoms with van der Waals surface area (Å²) in [6.45, 7) is 10.6. The van der Waals surface area contributed by atoms with E-state index in [-0.39, 0.29) is 11.6 Å². The van der Waals surface area contributed by atoms with Gasteiger partial charge in [0.1, 0.15) is 12.7 Å². The number of benzene rings is 1. The van der Waals surface area contributed by atoms with Crippen LogP contribution in [0.15, 0.2) is 30.3 Å². The topological polar surface area (TPSA) is 61.8 Å². The van der Waals surface area contributed by atoms with Crippen LogP contribution < -0.4 is 0 Å². The van der Waals surface area contributed by atoms with Crippen molar-refractivity contribution in [1.29, 1.82) is 0 Å². The third-order valence-corrected chi connectivity index (χ3v) is 8.96. The van der Waals surface area contributed by atoms with Crippen LogP contribution in [-0.2, 0) is 18.7 Å². The van der Waals surface area contributed by atoms with Crippen molar-refractivity contribution in [2.75, 3.05) is 6.61 Å². The number of hydrogen-bond acceptors (Lipinski definition) is 5.